The highest BCUT2D eigenvalue weighted by Crippen LogP contribution is 2.23. The fourth-order valence-corrected chi connectivity index (χ4v) is 3.05. The van der Waals surface area contributed by atoms with Crippen LogP contribution in [0.1, 0.15) is 15.9 Å². The second-order valence-electron chi connectivity index (χ2n) is 6.09. The predicted octanol–water partition coefficient (Wildman–Crippen LogP) is 4.99. The van der Waals surface area contributed by atoms with Crippen LogP contribution in [0.2, 0.25) is 0 Å². The molecule has 0 bridgehead atoms. The Hall–Kier alpha value is -2.97. The maximum absolute atomic E-state index is 12.4. The molecule has 0 radical (unpaired) electrons. The molecule has 6 nitrogen and oxygen atoms in total. The molecule has 0 spiro atoms. The summed E-state index contributed by atoms with van der Waals surface area (Å²) in [5.74, 6) is -0.472. The minimum Gasteiger partial charge on any atom is -0.422 e. The number of hydrogen-bond donors (Lipinski definition) is 2. The van der Waals surface area contributed by atoms with Gasteiger partial charge in [0.2, 0.25) is 0 Å². The largest absolute Gasteiger partial charge is 0.422 e. The number of para-hydroxylation sites is 1. The molecule has 30 heavy (non-hydrogen) atoms. The Morgan fingerprint density at radius 3 is 2.37 bits per heavy atom. The van der Waals surface area contributed by atoms with Crippen LogP contribution in [-0.4, -0.2) is 24.6 Å². The van der Waals surface area contributed by atoms with Gasteiger partial charge in [-0.2, -0.15) is 5.10 Å². The van der Waals surface area contributed by atoms with Gasteiger partial charge in [0.05, 0.1) is 18.3 Å². The van der Waals surface area contributed by atoms with E-state index in [9.17, 15) is 9.59 Å². The maximum Gasteiger partial charge on any atom is 0.343 e. The molecule has 152 valence electrons. The number of rotatable bonds is 7. The molecule has 0 atom stereocenters. The first kappa shape index (κ1) is 21.7. The third kappa shape index (κ3) is 6.53. The van der Waals surface area contributed by atoms with Gasteiger partial charge in [0, 0.05) is 20.2 Å². The number of hydrogen-bond acceptors (Lipinski definition) is 5. The van der Waals surface area contributed by atoms with Crippen LogP contribution >= 0.6 is 31.9 Å². The van der Waals surface area contributed by atoms with Crippen LogP contribution in [0, 0.1) is 0 Å². The van der Waals surface area contributed by atoms with Gasteiger partial charge in [-0.3, -0.25) is 4.79 Å². The topological polar surface area (TPSA) is 79.8 Å². The zero-order chi connectivity index (χ0) is 21.3. The smallest absolute Gasteiger partial charge is 0.343 e. The lowest BCUT2D eigenvalue weighted by atomic mass is 10.2. The van der Waals surface area contributed by atoms with Gasteiger partial charge in [0.1, 0.15) is 5.75 Å². The highest BCUT2D eigenvalue weighted by Gasteiger charge is 2.11. The van der Waals surface area contributed by atoms with Crippen LogP contribution in [0.4, 0.5) is 5.69 Å². The van der Waals surface area contributed by atoms with Crippen molar-refractivity contribution in [3.05, 3.63) is 92.9 Å². The van der Waals surface area contributed by atoms with E-state index in [-0.39, 0.29) is 12.5 Å². The van der Waals surface area contributed by atoms with Crippen LogP contribution in [0.15, 0.2) is 86.8 Å². The van der Waals surface area contributed by atoms with Gasteiger partial charge in [-0.05, 0) is 54.6 Å². The van der Waals surface area contributed by atoms with Crippen molar-refractivity contribution in [3.63, 3.8) is 0 Å². The van der Waals surface area contributed by atoms with Crippen LogP contribution in [0.3, 0.4) is 0 Å². The minimum atomic E-state index is -0.490. The molecule has 1 amide bonds. The number of carbonyl (C=O) groups excluding carboxylic acids is 2. The molecule has 0 saturated carbocycles. The van der Waals surface area contributed by atoms with Crippen LogP contribution in [-0.2, 0) is 4.79 Å². The van der Waals surface area contributed by atoms with E-state index in [0.717, 1.165) is 14.6 Å². The second-order valence-corrected chi connectivity index (χ2v) is 7.92. The van der Waals surface area contributed by atoms with E-state index >= 15 is 0 Å². The van der Waals surface area contributed by atoms with E-state index in [0.29, 0.717) is 16.9 Å². The molecule has 0 aliphatic heterocycles. The third-order valence-electron chi connectivity index (χ3n) is 3.87. The summed E-state index contributed by atoms with van der Waals surface area (Å²) in [6, 6.07) is 21.4. The normalized spacial score (nSPS) is 10.6. The molecule has 8 heteroatoms. The molecule has 3 rings (SSSR count). The average Bonchev–Trinajstić information content (AvgIpc) is 2.75. The molecule has 0 saturated heterocycles. The Morgan fingerprint density at radius 2 is 1.63 bits per heavy atom. The van der Waals surface area contributed by atoms with E-state index in [4.69, 9.17) is 4.74 Å². The molecule has 0 heterocycles. The molecule has 0 fully saturated rings. The molecule has 0 aliphatic carbocycles. The zero-order valence-corrected chi connectivity index (χ0v) is 18.8. The van der Waals surface area contributed by atoms with Crippen molar-refractivity contribution in [2.24, 2.45) is 5.10 Å². The number of carbonyl (C=O) groups is 2. The van der Waals surface area contributed by atoms with Crippen molar-refractivity contribution in [2.45, 2.75) is 0 Å². The summed E-state index contributed by atoms with van der Waals surface area (Å²) in [7, 11) is 0. The van der Waals surface area contributed by atoms with E-state index in [2.05, 4.69) is 47.7 Å². The highest BCUT2D eigenvalue weighted by atomic mass is 79.9. The van der Waals surface area contributed by atoms with Gasteiger partial charge in [-0.25, -0.2) is 10.2 Å². The average molecular weight is 531 g/mol. The summed E-state index contributed by atoms with van der Waals surface area (Å²) in [4.78, 5) is 24.4. The van der Waals surface area contributed by atoms with Gasteiger partial charge < -0.3 is 10.1 Å². The molecule has 3 aromatic carbocycles. The van der Waals surface area contributed by atoms with Gasteiger partial charge in [0.15, 0.2) is 0 Å². The van der Waals surface area contributed by atoms with E-state index < -0.39 is 5.97 Å². The van der Waals surface area contributed by atoms with Crippen molar-refractivity contribution < 1.29 is 14.3 Å². The van der Waals surface area contributed by atoms with E-state index in [1.165, 1.54) is 6.21 Å². The van der Waals surface area contributed by atoms with Crippen molar-refractivity contribution >= 4 is 55.6 Å². The number of halogens is 2. The summed E-state index contributed by atoms with van der Waals surface area (Å²) < 4.78 is 7.15. The Kier molecular flexibility index (Phi) is 7.75. The molecule has 0 aliphatic rings. The Bertz CT molecular complexity index is 1050. The number of benzene rings is 3. The quantitative estimate of drug-likeness (QED) is 0.195. The Balaban J connectivity index is 1.62. The number of anilines is 1. The first-order valence-electron chi connectivity index (χ1n) is 8.89. The summed E-state index contributed by atoms with van der Waals surface area (Å²) in [5.41, 5.74) is 4.24. The monoisotopic (exact) mass is 529 g/mol. The molecule has 2 N–H and O–H groups in total. The van der Waals surface area contributed by atoms with Crippen molar-refractivity contribution in [1.29, 1.82) is 0 Å². The number of nitrogens with zero attached hydrogens (tertiary/aromatic N) is 1. The number of hydrazone groups is 1. The van der Waals surface area contributed by atoms with Crippen LogP contribution < -0.4 is 15.5 Å². The summed E-state index contributed by atoms with van der Waals surface area (Å²) in [5, 5.41) is 6.96. The second kappa shape index (κ2) is 10.7. The fourth-order valence-electron chi connectivity index (χ4n) is 2.41. The predicted molar refractivity (Wildman–Crippen MR) is 124 cm³/mol. The molecular weight excluding hydrogens is 514 g/mol. The SMILES string of the molecule is O=C(CNc1ccccc1)N/N=C/c1cc(Br)ccc1OC(=O)c1ccc(Br)cc1. The lowest BCUT2D eigenvalue weighted by Gasteiger charge is -2.08. The first-order chi connectivity index (χ1) is 14.5. The van der Waals surface area contributed by atoms with Gasteiger partial charge in [-0.15, -0.1) is 0 Å². The molecule has 3 aromatic rings. The number of amides is 1. The molecule has 0 unspecified atom stereocenters. The number of nitrogens with one attached hydrogen (secondary N) is 2. The van der Waals surface area contributed by atoms with Crippen molar-refractivity contribution in [3.8, 4) is 5.75 Å². The Morgan fingerprint density at radius 1 is 0.933 bits per heavy atom. The number of ether oxygens (including phenoxy) is 1. The van der Waals surface area contributed by atoms with Gasteiger partial charge in [0.25, 0.3) is 5.91 Å². The van der Waals surface area contributed by atoms with Crippen LogP contribution in [0.25, 0.3) is 0 Å². The summed E-state index contributed by atoms with van der Waals surface area (Å²) in [6.07, 6.45) is 1.43. The lowest BCUT2D eigenvalue weighted by Crippen LogP contribution is -2.25. The van der Waals surface area contributed by atoms with Crippen molar-refractivity contribution in [2.75, 3.05) is 11.9 Å². The Labute approximate surface area is 190 Å². The van der Waals surface area contributed by atoms with E-state index in [1.807, 2.05) is 30.3 Å². The number of esters is 1. The summed E-state index contributed by atoms with van der Waals surface area (Å²) >= 11 is 6.71. The standard InChI is InChI=1S/C22H17Br2N3O3/c23-17-8-6-15(7-9-17)22(29)30-20-11-10-18(24)12-16(20)13-26-27-21(28)14-25-19-4-2-1-3-5-19/h1-13,25H,14H2,(H,27,28)/b26-13+. The zero-order valence-electron chi connectivity index (χ0n) is 15.6. The lowest BCUT2D eigenvalue weighted by molar-refractivity contribution is -0.119. The van der Waals surface area contributed by atoms with Gasteiger partial charge in [-0.1, -0.05) is 50.1 Å². The maximum atomic E-state index is 12.4. The fraction of sp³-hybridized carbons (Fsp3) is 0.0455. The van der Waals surface area contributed by atoms with Crippen LogP contribution in [0.5, 0.6) is 5.75 Å². The van der Waals surface area contributed by atoms with E-state index in [1.54, 1.807) is 42.5 Å². The van der Waals surface area contributed by atoms with Gasteiger partial charge >= 0.3 is 5.97 Å². The molecule has 0 aromatic heterocycles. The van der Waals surface area contributed by atoms with Crippen molar-refractivity contribution in [1.82, 2.24) is 5.43 Å². The first-order valence-corrected chi connectivity index (χ1v) is 10.5. The highest BCUT2D eigenvalue weighted by molar-refractivity contribution is 9.10. The third-order valence-corrected chi connectivity index (χ3v) is 4.90. The molecular formula is C22H17Br2N3O3. The summed E-state index contributed by atoms with van der Waals surface area (Å²) in [6.45, 7) is 0.0747. The minimum absolute atomic E-state index is 0.0747.